The number of rotatable bonds is 6. The van der Waals surface area contributed by atoms with Crippen molar-refractivity contribution in [1.82, 2.24) is 4.90 Å². The van der Waals surface area contributed by atoms with Crippen molar-refractivity contribution < 1.29 is 4.74 Å². The molecule has 0 heterocycles. The van der Waals surface area contributed by atoms with E-state index in [-0.39, 0.29) is 6.04 Å². The summed E-state index contributed by atoms with van der Waals surface area (Å²) in [7, 11) is 3.71. The van der Waals surface area contributed by atoms with Crippen LogP contribution >= 0.6 is 11.6 Å². The lowest BCUT2D eigenvalue weighted by molar-refractivity contribution is 0.223. The van der Waals surface area contributed by atoms with Gasteiger partial charge in [0.2, 0.25) is 0 Å². The molecule has 0 amide bonds. The molecule has 0 aliphatic rings. The van der Waals surface area contributed by atoms with Crippen molar-refractivity contribution >= 4 is 11.6 Å². The molecule has 18 heavy (non-hydrogen) atoms. The average molecular weight is 271 g/mol. The lowest BCUT2D eigenvalue weighted by atomic mass is 10.0. The summed E-state index contributed by atoms with van der Waals surface area (Å²) in [5, 5.41) is 0.631. The molecule has 1 aromatic carbocycles. The van der Waals surface area contributed by atoms with Gasteiger partial charge in [-0.05, 0) is 30.7 Å². The van der Waals surface area contributed by atoms with Gasteiger partial charge in [-0.1, -0.05) is 31.5 Å². The van der Waals surface area contributed by atoms with Crippen LogP contribution in [0.1, 0.15) is 25.5 Å². The summed E-state index contributed by atoms with van der Waals surface area (Å²) in [6.45, 7) is 5.98. The van der Waals surface area contributed by atoms with Gasteiger partial charge in [-0.2, -0.15) is 0 Å². The molecule has 0 aliphatic heterocycles. The highest BCUT2D eigenvalue weighted by Gasteiger charge is 2.17. The van der Waals surface area contributed by atoms with Crippen molar-refractivity contribution in [2.45, 2.75) is 19.9 Å². The Kier molecular flexibility index (Phi) is 5.93. The number of nitrogens with zero attached hydrogens (tertiary/aromatic N) is 1. The molecule has 0 spiro atoms. The molecule has 0 radical (unpaired) electrons. The fraction of sp³-hybridized carbons (Fsp3) is 0.571. The summed E-state index contributed by atoms with van der Waals surface area (Å²) < 4.78 is 5.16. The van der Waals surface area contributed by atoms with Crippen molar-refractivity contribution in [2.24, 2.45) is 11.7 Å². The molecule has 2 N–H and O–H groups in total. The van der Waals surface area contributed by atoms with Crippen LogP contribution in [-0.2, 0) is 0 Å². The van der Waals surface area contributed by atoms with Crippen molar-refractivity contribution in [3.63, 3.8) is 0 Å². The second kappa shape index (κ2) is 6.98. The molecule has 0 aliphatic carbocycles. The Labute approximate surface area is 115 Å². The van der Waals surface area contributed by atoms with E-state index in [1.165, 1.54) is 0 Å². The first-order valence-electron chi connectivity index (χ1n) is 6.23. The maximum Gasteiger partial charge on any atom is 0.137 e. The molecule has 0 fully saturated rings. The van der Waals surface area contributed by atoms with Gasteiger partial charge < -0.3 is 10.5 Å². The quantitative estimate of drug-likeness (QED) is 0.864. The molecule has 0 bridgehead atoms. The Morgan fingerprint density at radius 1 is 1.39 bits per heavy atom. The van der Waals surface area contributed by atoms with Crippen LogP contribution in [0.5, 0.6) is 5.75 Å². The smallest absolute Gasteiger partial charge is 0.137 e. The largest absolute Gasteiger partial charge is 0.495 e. The van der Waals surface area contributed by atoms with Crippen molar-refractivity contribution in [3.05, 3.63) is 28.8 Å². The van der Waals surface area contributed by atoms with Crippen LogP contribution in [0.15, 0.2) is 18.2 Å². The minimum atomic E-state index is 0.191. The van der Waals surface area contributed by atoms with Crippen molar-refractivity contribution in [1.29, 1.82) is 0 Å². The van der Waals surface area contributed by atoms with Crippen LogP contribution in [0.4, 0.5) is 0 Å². The number of likely N-dealkylation sites (N-methyl/N-ethyl adjacent to an activating group) is 1. The van der Waals surface area contributed by atoms with Gasteiger partial charge >= 0.3 is 0 Å². The number of hydrogen-bond donors (Lipinski definition) is 1. The first-order chi connectivity index (χ1) is 8.49. The lowest BCUT2D eigenvalue weighted by Gasteiger charge is -2.29. The number of benzene rings is 1. The van der Waals surface area contributed by atoms with Crippen LogP contribution in [0.3, 0.4) is 0 Å². The zero-order valence-electron chi connectivity index (χ0n) is 11.6. The summed E-state index contributed by atoms with van der Waals surface area (Å²) in [6, 6.07) is 6.05. The SMILES string of the molecule is COc1ccc(C(CN)N(C)CC(C)C)cc1Cl. The van der Waals surface area contributed by atoms with E-state index in [0.29, 0.717) is 23.2 Å². The predicted molar refractivity (Wildman–Crippen MR) is 77.3 cm³/mol. The Hall–Kier alpha value is -0.770. The van der Waals surface area contributed by atoms with E-state index in [9.17, 15) is 0 Å². The minimum Gasteiger partial charge on any atom is -0.495 e. The van der Waals surface area contributed by atoms with Crippen LogP contribution in [0.2, 0.25) is 5.02 Å². The molecule has 4 heteroatoms. The summed E-state index contributed by atoms with van der Waals surface area (Å²) in [4.78, 5) is 2.27. The highest BCUT2D eigenvalue weighted by Crippen LogP contribution is 2.29. The van der Waals surface area contributed by atoms with E-state index < -0.39 is 0 Å². The van der Waals surface area contributed by atoms with E-state index in [0.717, 1.165) is 12.1 Å². The van der Waals surface area contributed by atoms with Gasteiger partial charge in [-0.15, -0.1) is 0 Å². The molecule has 3 nitrogen and oxygen atoms in total. The average Bonchev–Trinajstić information content (AvgIpc) is 2.29. The molecular formula is C14H23ClN2O. The molecule has 0 aromatic heterocycles. The number of halogens is 1. The third-order valence-corrected chi connectivity index (χ3v) is 3.26. The van der Waals surface area contributed by atoms with Gasteiger partial charge in [0.25, 0.3) is 0 Å². The van der Waals surface area contributed by atoms with Gasteiger partial charge in [0, 0.05) is 19.1 Å². The maximum absolute atomic E-state index is 6.16. The van der Waals surface area contributed by atoms with Gasteiger partial charge in [-0.25, -0.2) is 0 Å². The second-order valence-corrected chi connectivity index (χ2v) is 5.39. The third-order valence-electron chi connectivity index (χ3n) is 2.97. The summed E-state index contributed by atoms with van der Waals surface area (Å²) in [5.41, 5.74) is 7.02. The number of nitrogens with two attached hydrogens (primary N) is 1. The molecule has 1 unspecified atom stereocenters. The summed E-state index contributed by atoms with van der Waals surface area (Å²) >= 11 is 6.16. The van der Waals surface area contributed by atoms with Crippen LogP contribution in [0.25, 0.3) is 0 Å². The van der Waals surface area contributed by atoms with Gasteiger partial charge in [0.15, 0.2) is 0 Å². The summed E-state index contributed by atoms with van der Waals surface area (Å²) in [6.07, 6.45) is 0. The molecular weight excluding hydrogens is 248 g/mol. The monoisotopic (exact) mass is 270 g/mol. The van der Waals surface area contributed by atoms with E-state index in [2.05, 4.69) is 25.8 Å². The fourth-order valence-electron chi connectivity index (χ4n) is 2.16. The van der Waals surface area contributed by atoms with E-state index in [4.69, 9.17) is 22.1 Å². The normalized spacial score (nSPS) is 13.1. The Morgan fingerprint density at radius 3 is 2.50 bits per heavy atom. The molecule has 1 rings (SSSR count). The number of ether oxygens (including phenoxy) is 1. The maximum atomic E-state index is 6.16. The highest BCUT2D eigenvalue weighted by atomic mass is 35.5. The van der Waals surface area contributed by atoms with E-state index in [1.807, 2.05) is 18.2 Å². The Morgan fingerprint density at radius 2 is 2.06 bits per heavy atom. The Bertz CT molecular complexity index is 382. The molecule has 102 valence electrons. The number of methoxy groups -OCH3 is 1. The zero-order chi connectivity index (χ0) is 13.7. The lowest BCUT2D eigenvalue weighted by Crippen LogP contribution is -2.33. The van der Waals surface area contributed by atoms with Gasteiger partial charge in [0.1, 0.15) is 5.75 Å². The topological polar surface area (TPSA) is 38.5 Å². The van der Waals surface area contributed by atoms with Gasteiger partial charge in [0.05, 0.1) is 12.1 Å². The van der Waals surface area contributed by atoms with Crippen molar-refractivity contribution in [2.75, 3.05) is 27.2 Å². The van der Waals surface area contributed by atoms with Gasteiger partial charge in [-0.3, -0.25) is 4.90 Å². The molecule has 0 saturated heterocycles. The molecule has 1 atom stereocenters. The Balaban J connectivity index is 2.91. The third kappa shape index (κ3) is 3.87. The summed E-state index contributed by atoms with van der Waals surface area (Å²) in [5.74, 6) is 1.31. The second-order valence-electron chi connectivity index (χ2n) is 4.98. The zero-order valence-corrected chi connectivity index (χ0v) is 12.4. The fourth-order valence-corrected chi connectivity index (χ4v) is 2.43. The van der Waals surface area contributed by atoms with Crippen LogP contribution in [0, 0.1) is 5.92 Å². The highest BCUT2D eigenvalue weighted by molar-refractivity contribution is 6.32. The molecule has 0 saturated carbocycles. The number of hydrogen-bond acceptors (Lipinski definition) is 3. The van der Waals surface area contributed by atoms with Crippen LogP contribution in [-0.4, -0.2) is 32.1 Å². The van der Waals surface area contributed by atoms with E-state index in [1.54, 1.807) is 7.11 Å². The standard InChI is InChI=1S/C14H23ClN2O/c1-10(2)9-17(3)13(8-16)11-5-6-14(18-4)12(15)7-11/h5-7,10,13H,8-9,16H2,1-4H3. The molecule has 1 aromatic rings. The first-order valence-corrected chi connectivity index (χ1v) is 6.61. The van der Waals surface area contributed by atoms with Crippen molar-refractivity contribution in [3.8, 4) is 5.75 Å². The van der Waals surface area contributed by atoms with E-state index >= 15 is 0 Å². The minimum absolute atomic E-state index is 0.191. The first kappa shape index (κ1) is 15.3. The predicted octanol–water partition coefficient (Wildman–Crippen LogP) is 2.94. The van der Waals surface area contributed by atoms with Crippen LogP contribution < -0.4 is 10.5 Å².